The molecule has 1 aromatic carbocycles. The van der Waals surface area contributed by atoms with Gasteiger partial charge in [0.15, 0.2) is 18.0 Å². The number of hydrogen-bond donors (Lipinski definition) is 1. The Morgan fingerprint density at radius 3 is 2.69 bits per heavy atom. The maximum atomic E-state index is 12.0. The second kappa shape index (κ2) is 6.92. The van der Waals surface area contributed by atoms with Crippen LogP contribution in [-0.2, 0) is 6.54 Å². The van der Waals surface area contributed by atoms with E-state index in [-0.39, 0.29) is 5.63 Å². The average Bonchev–Trinajstić information content (AvgIpc) is 2.67. The Balaban J connectivity index is 1.94. The molecule has 0 atom stereocenters. The van der Waals surface area contributed by atoms with Gasteiger partial charge < -0.3 is 19.2 Å². The summed E-state index contributed by atoms with van der Waals surface area (Å²) in [6, 6.07) is 3.73. The van der Waals surface area contributed by atoms with Gasteiger partial charge in [-0.3, -0.25) is 4.98 Å². The van der Waals surface area contributed by atoms with E-state index in [9.17, 15) is 4.79 Å². The molecule has 0 unspecified atom stereocenters. The van der Waals surface area contributed by atoms with Crippen molar-refractivity contribution in [3.63, 3.8) is 0 Å². The normalized spacial score (nSPS) is 15.5. The first-order valence-corrected chi connectivity index (χ1v) is 8.78. The topological polar surface area (TPSA) is 77.5 Å². The monoisotopic (exact) mass is 356 g/mol. The lowest BCUT2D eigenvalue weighted by molar-refractivity contribution is -0.679. The minimum atomic E-state index is -0.368. The number of nitrogens with zero attached hydrogens (tertiary/aromatic N) is 2. The largest absolute Gasteiger partial charge is 0.493 e. The van der Waals surface area contributed by atoms with Crippen LogP contribution < -0.4 is 25.0 Å². The summed E-state index contributed by atoms with van der Waals surface area (Å²) < 4.78 is 18.2. The molecule has 0 spiro atoms. The Bertz CT molecular complexity index is 1010. The molecule has 1 aliphatic rings. The number of aromatic nitrogens is 2. The van der Waals surface area contributed by atoms with Crippen molar-refractivity contribution in [1.29, 1.82) is 0 Å². The third-order valence-corrected chi connectivity index (χ3v) is 4.98. The Morgan fingerprint density at radius 2 is 1.96 bits per heavy atom. The molecule has 0 radical (unpaired) electrons. The SMILES string of the molecule is COc1cc2ncc3oc(=O)c[n+](CC4CCNCC4)c3c2cc1OC. The van der Waals surface area contributed by atoms with Crippen LogP contribution in [0.1, 0.15) is 12.8 Å². The minimum Gasteiger partial charge on any atom is -0.493 e. The summed E-state index contributed by atoms with van der Waals surface area (Å²) in [5.41, 5.74) is 1.73. The number of benzene rings is 1. The van der Waals surface area contributed by atoms with Crippen LogP contribution in [-0.4, -0.2) is 32.3 Å². The number of pyridine rings is 1. The molecular weight excluding hydrogens is 334 g/mol. The highest BCUT2D eigenvalue weighted by Crippen LogP contribution is 2.33. The summed E-state index contributed by atoms with van der Waals surface area (Å²) in [6.45, 7) is 2.80. The quantitative estimate of drug-likeness (QED) is 0.566. The van der Waals surface area contributed by atoms with Crippen molar-refractivity contribution in [1.82, 2.24) is 10.3 Å². The van der Waals surface area contributed by atoms with Crippen LogP contribution in [0.3, 0.4) is 0 Å². The second-order valence-corrected chi connectivity index (χ2v) is 6.59. The number of nitrogens with one attached hydrogen (secondary N) is 1. The highest BCUT2D eigenvalue weighted by atomic mass is 16.5. The molecule has 0 amide bonds. The van der Waals surface area contributed by atoms with E-state index in [1.54, 1.807) is 26.6 Å². The van der Waals surface area contributed by atoms with Crippen molar-refractivity contribution in [2.75, 3.05) is 27.3 Å². The minimum absolute atomic E-state index is 0.368. The van der Waals surface area contributed by atoms with Crippen LogP contribution >= 0.6 is 0 Å². The maximum absolute atomic E-state index is 12.0. The van der Waals surface area contributed by atoms with Gasteiger partial charge in [0.1, 0.15) is 0 Å². The van der Waals surface area contributed by atoms with Gasteiger partial charge in [-0.15, -0.1) is 0 Å². The Labute approximate surface area is 150 Å². The zero-order valence-corrected chi connectivity index (χ0v) is 14.9. The Kier molecular flexibility index (Phi) is 4.46. The number of hydrogen-bond acceptors (Lipinski definition) is 6. The second-order valence-electron chi connectivity index (χ2n) is 6.59. The molecule has 1 fully saturated rings. The first-order chi connectivity index (χ1) is 12.7. The van der Waals surface area contributed by atoms with Crippen LogP contribution in [0, 0.1) is 5.92 Å². The molecule has 0 saturated carbocycles. The first kappa shape index (κ1) is 16.8. The summed E-state index contributed by atoms with van der Waals surface area (Å²) in [4.78, 5) is 16.5. The number of rotatable bonds is 4. The molecule has 4 rings (SSSR count). The van der Waals surface area contributed by atoms with Gasteiger partial charge in [-0.1, -0.05) is 0 Å². The number of methoxy groups -OCH3 is 2. The molecule has 2 aromatic heterocycles. The van der Waals surface area contributed by atoms with Crippen LogP contribution in [0.4, 0.5) is 0 Å². The predicted octanol–water partition coefficient (Wildman–Crippen LogP) is 1.65. The molecule has 1 N–H and O–H groups in total. The van der Waals surface area contributed by atoms with Crippen molar-refractivity contribution in [3.05, 3.63) is 34.9 Å². The molecule has 0 bridgehead atoms. The molecule has 136 valence electrons. The van der Waals surface area contributed by atoms with E-state index in [1.807, 2.05) is 16.7 Å². The van der Waals surface area contributed by atoms with Gasteiger partial charge in [0, 0.05) is 18.1 Å². The van der Waals surface area contributed by atoms with E-state index < -0.39 is 0 Å². The van der Waals surface area contributed by atoms with E-state index in [0.29, 0.717) is 23.0 Å². The van der Waals surface area contributed by atoms with Gasteiger partial charge in [0.05, 0.1) is 31.3 Å². The van der Waals surface area contributed by atoms with Crippen LogP contribution in [0.25, 0.3) is 22.0 Å². The summed E-state index contributed by atoms with van der Waals surface area (Å²) in [5.74, 6) is 1.76. The third-order valence-electron chi connectivity index (χ3n) is 4.98. The standard InChI is InChI=1S/C19H22N3O4/c1-24-15-7-13-14(8-16(15)25-2)21-9-17-19(13)22(11-18(23)26-17)10-12-3-5-20-6-4-12/h7-9,11-12,20H,3-6,10H2,1-2H3/q+1. The average molecular weight is 356 g/mol. The van der Waals surface area contributed by atoms with Crippen molar-refractivity contribution in [3.8, 4) is 11.5 Å². The van der Waals surface area contributed by atoms with Crippen molar-refractivity contribution in [2.24, 2.45) is 5.92 Å². The zero-order valence-electron chi connectivity index (χ0n) is 14.9. The summed E-state index contributed by atoms with van der Waals surface area (Å²) in [6.07, 6.45) is 5.33. The van der Waals surface area contributed by atoms with E-state index in [1.165, 1.54) is 0 Å². The van der Waals surface area contributed by atoms with Crippen molar-refractivity contribution in [2.45, 2.75) is 19.4 Å². The third kappa shape index (κ3) is 2.99. The van der Waals surface area contributed by atoms with Crippen LogP contribution in [0.5, 0.6) is 11.5 Å². The van der Waals surface area contributed by atoms with E-state index in [4.69, 9.17) is 13.9 Å². The molecule has 1 aliphatic heterocycles. The van der Waals surface area contributed by atoms with Crippen molar-refractivity contribution >= 4 is 22.0 Å². The van der Waals surface area contributed by atoms with Crippen LogP contribution in [0.15, 0.2) is 33.7 Å². The van der Waals surface area contributed by atoms with E-state index in [0.717, 1.165) is 48.9 Å². The molecule has 0 aliphatic carbocycles. The highest BCUT2D eigenvalue weighted by molar-refractivity contribution is 6.00. The number of fused-ring (bicyclic) bond motifs is 3. The summed E-state index contributed by atoms with van der Waals surface area (Å²) in [5, 5.41) is 4.25. The van der Waals surface area contributed by atoms with Gasteiger partial charge in [0.25, 0.3) is 11.7 Å². The summed E-state index contributed by atoms with van der Waals surface area (Å²) >= 11 is 0. The molecular formula is C19H22N3O4+. The van der Waals surface area contributed by atoms with Gasteiger partial charge in [-0.25, -0.2) is 4.79 Å². The zero-order chi connectivity index (χ0) is 18.1. The Hall–Kier alpha value is -2.67. The molecule has 7 heteroatoms. The fraction of sp³-hybridized carbons (Fsp3) is 0.421. The lowest BCUT2D eigenvalue weighted by Crippen LogP contribution is -2.43. The highest BCUT2D eigenvalue weighted by Gasteiger charge is 2.24. The molecule has 1 saturated heterocycles. The molecule has 7 nitrogen and oxygen atoms in total. The predicted molar refractivity (Wildman–Crippen MR) is 96.7 cm³/mol. The first-order valence-electron chi connectivity index (χ1n) is 8.78. The smallest absolute Gasteiger partial charge is 0.401 e. The lowest BCUT2D eigenvalue weighted by Gasteiger charge is -2.20. The van der Waals surface area contributed by atoms with Gasteiger partial charge in [0.2, 0.25) is 5.58 Å². The Morgan fingerprint density at radius 1 is 1.23 bits per heavy atom. The molecule has 3 aromatic rings. The maximum Gasteiger partial charge on any atom is 0.401 e. The lowest BCUT2D eigenvalue weighted by atomic mass is 9.98. The van der Waals surface area contributed by atoms with E-state index in [2.05, 4.69) is 10.3 Å². The molecule has 26 heavy (non-hydrogen) atoms. The van der Waals surface area contributed by atoms with Gasteiger partial charge in [-0.05, 0) is 25.9 Å². The van der Waals surface area contributed by atoms with E-state index >= 15 is 0 Å². The fourth-order valence-electron chi connectivity index (χ4n) is 3.67. The number of ether oxygens (including phenoxy) is 2. The molecule has 3 heterocycles. The van der Waals surface area contributed by atoms with Crippen LogP contribution in [0.2, 0.25) is 0 Å². The van der Waals surface area contributed by atoms with Crippen molar-refractivity contribution < 1.29 is 18.5 Å². The van der Waals surface area contributed by atoms with Gasteiger partial charge >= 0.3 is 5.63 Å². The van der Waals surface area contributed by atoms with Gasteiger partial charge in [-0.2, -0.15) is 4.57 Å². The number of piperidine rings is 1. The summed E-state index contributed by atoms with van der Waals surface area (Å²) in [7, 11) is 3.20. The fourth-order valence-corrected chi connectivity index (χ4v) is 3.67.